The first kappa shape index (κ1) is 23.3. The second kappa shape index (κ2) is 8.98. The van der Waals surface area contributed by atoms with Crippen molar-refractivity contribution in [2.24, 2.45) is 7.05 Å². The van der Waals surface area contributed by atoms with E-state index in [0.717, 1.165) is 23.4 Å². The maximum absolute atomic E-state index is 13.3. The molecule has 0 amide bonds. The van der Waals surface area contributed by atoms with Crippen molar-refractivity contribution in [3.8, 4) is 0 Å². The van der Waals surface area contributed by atoms with E-state index in [-0.39, 0.29) is 22.4 Å². The molecule has 1 atom stereocenters. The number of pyridine rings is 1. The van der Waals surface area contributed by atoms with Gasteiger partial charge in [-0.3, -0.25) is 9.36 Å². The van der Waals surface area contributed by atoms with Crippen molar-refractivity contribution >= 4 is 50.8 Å². The van der Waals surface area contributed by atoms with Crippen LogP contribution in [0.5, 0.6) is 0 Å². The van der Waals surface area contributed by atoms with Gasteiger partial charge in [-0.25, -0.2) is 14.8 Å². The number of carboxylic acids is 1. The topological polar surface area (TPSA) is 100 Å². The van der Waals surface area contributed by atoms with Crippen LogP contribution in [0.15, 0.2) is 41.2 Å². The van der Waals surface area contributed by atoms with Crippen LogP contribution >= 0.6 is 22.9 Å². The van der Waals surface area contributed by atoms with Gasteiger partial charge in [0.15, 0.2) is 5.69 Å². The van der Waals surface area contributed by atoms with Gasteiger partial charge in [-0.15, -0.1) is 11.3 Å². The lowest BCUT2D eigenvalue weighted by Gasteiger charge is -2.30. The molecule has 2 N–H and O–H groups in total. The van der Waals surface area contributed by atoms with E-state index in [9.17, 15) is 14.7 Å². The van der Waals surface area contributed by atoms with Gasteiger partial charge in [0.2, 0.25) is 5.95 Å². The number of nitrogens with one attached hydrogen (secondary N) is 1. The molecule has 4 heterocycles. The number of benzene rings is 1. The number of thiophene rings is 1. The lowest BCUT2D eigenvalue weighted by molar-refractivity contribution is 0.0691. The van der Waals surface area contributed by atoms with Crippen LogP contribution in [0.3, 0.4) is 0 Å². The monoisotopic (exact) mass is 509 g/mol. The highest BCUT2D eigenvalue weighted by Gasteiger charge is 2.25. The number of carboxylic acid groups (broad SMARTS) is 1. The summed E-state index contributed by atoms with van der Waals surface area (Å²) in [4.78, 5) is 37.1. The first-order chi connectivity index (χ1) is 16.7. The molecule has 0 spiro atoms. The number of aromatic carboxylic acids is 1. The van der Waals surface area contributed by atoms with Crippen LogP contribution in [0, 0.1) is 6.92 Å². The fourth-order valence-corrected chi connectivity index (χ4v) is 6.01. The van der Waals surface area contributed by atoms with E-state index in [2.05, 4.69) is 33.4 Å². The Balaban J connectivity index is 1.56. The Kier molecular flexibility index (Phi) is 5.98. The van der Waals surface area contributed by atoms with Crippen molar-refractivity contribution in [2.45, 2.75) is 32.9 Å². The smallest absolute Gasteiger partial charge is 0.356 e. The largest absolute Gasteiger partial charge is 0.476 e. The maximum atomic E-state index is 13.3. The average Bonchev–Trinajstić information content (AvgIpc) is 3.18. The van der Waals surface area contributed by atoms with E-state index in [1.165, 1.54) is 22.5 Å². The number of fused-ring (bicyclic) bond motifs is 2. The second-order valence-electron chi connectivity index (χ2n) is 8.67. The molecule has 3 aromatic heterocycles. The van der Waals surface area contributed by atoms with Gasteiger partial charge < -0.3 is 15.3 Å². The van der Waals surface area contributed by atoms with Gasteiger partial charge in [0, 0.05) is 30.6 Å². The molecular formula is C25H24ClN5O3S. The molecule has 10 heteroatoms. The van der Waals surface area contributed by atoms with Crippen molar-refractivity contribution in [1.29, 1.82) is 0 Å². The molecule has 0 radical (unpaired) electrons. The zero-order valence-electron chi connectivity index (χ0n) is 19.5. The Labute approximate surface area is 210 Å². The van der Waals surface area contributed by atoms with Crippen LogP contribution in [-0.2, 0) is 20.0 Å². The molecular weight excluding hydrogens is 486 g/mol. The van der Waals surface area contributed by atoms with Gasteiger partial charge in [0.1, 0.15) is 9.85 Å². The quantitative estimate of drug-likeness (QED) is 0.373. The van der Waals surface area contributed by atoms with E-state index < -0.39 is 5.97 Å². The molecule has 0 fully saturated rings. The highest BCUT2D eigenvalue weighted by atomic mass is 35.5. The Morgan fingerprint density at radius 3 is 2.69 bits per heavy atom. The van der Waals surface area contributed by atoms with Crippen molar-refractivity contribution in [2.75, 3.05) is 16.8 Å². The number of nitrogens with zero attached hydrogens (tertiary/aromatic N) is 4. The van der Waals surface area contributed by atoms with Crippen LogP contribution in [0.25, 0.3) is 10.2 Å². The molecule has 0 bridgehead atoms. The molecule has 35 heavy (non-hydrogen) atoms. The Morgan fingerprint density at radius 1 is 1.20 bits per heavy atom. The third kappa shape index (κ3) is 4.15. The van der Waals surface area contributed by atoms with Crippen molar-refractivity contribution in [3.63, 3.8) is 0 Å². The zero-order valence-corrected chi connectivity index (χ0v) is 21.1. The number of carbonyl (C=O) groups is 1. The molecule has 8 nitrogen and oxygen atoms in total. The fraction of sp³-hybridized carbons (Fsp3) is 0.280. The summed E-state index contributed by atoms with van der Waals surface area (Å²) < 4.78 is 2.21. The number of aromatic nitrogens is 3. The third-order valence-electron chi connectivity index (χ3n) is 6.40. The fourth-order valence-electron chi connectivity index (χ4n) is 4.70. The van der Waals surface area contributed by atoms with Crippen LogP contribution in [0.4, 0.5) is 11.6 Å². The predicted octanol–water partition coefficient (Wildman–Crippen LogP) is 4.79. The van der Waals surface area contributed by atoms with Gasteiger partial charge >= 0.3 is 5.97 Å². The van der Waals surface area contributed by atoms with Gasteiger partial charge in [-0.05, 0) is 43.5 Å². The summed E-state index contributed by atoms with van der Waals surface area (Å²) in [5.41, 5.74) is 4.18. The molecule has 0 aliphatic carbocycles. The zero-order chi connectivity index (χ0) is 24.9. The molecule has 1 aliphatic heterocycles. The Bertz CT molecular complexity index is 1530. The minimum atomic E-state index is -1.17. The van der Waals surface area contributed by atoms with Crippen molar-refractivity contribution in [3.05, 3.63) is 79.2 Å². The van der Waals surface area contributed by atoms with E-state index in [0.29, 0.717) is 28.4 Å². The summed E-state index contributed by atoms with van der Waals surface area (Å²) in [7, 11) is 1.76. The average molecular weight is 510 g/mol. The molecule has 180 valence electrons. The van der Waals surface area contributed by atoms with Crippen molar-refractivity contribution in [1.82, 2.24) is 14.5 Å². The Morgan fingerprint density at radius 2 is 1.94 bits per heavy atom. The molecule has 1 aromatic carbocycles. The SMILES string of the molecule is Cc1sc2c(=O)n(C)c(N3CCc4ccccc4C3)nc2c1C(C)Nc1ccc(Cl)nc1C(=O)O. The lowest BCUT2D eigenvalue weighted by atomic mass is 10.0. The minimum absolute atomic E-state index is 0.0882. The van der Waals surface area contributed by atoms with Crippen molar-refractivity contribution < 1.29 is 9.90 Å². The van der Waals surface area contributed by atoms with E-state index in [1.54, 1.807) is 23.7 Å². The van der Waals surface area contributed by atoms with E-state index in [4.69, 9.17) is 16.6 Å². The first-order valence-corrected chi connectivity index (χ1v) is 12.4. The third-order valence-corrected chi connectivity index (χ3v) is 7.71. The molecule has 1 aliphatic rings. The molecule has 0 saturated carbocycles. The van der Waals surface area contributed by atoms with Gasteiger partial charge in [0.05, 0.1) is 17.2 Å². The van der Waals surface area contributed by atoms with Crippen LogP contribution < -0.4 is 15.8 Å². The Hall–Kier alpha value is -3.43. The summed E-state index contributed by atoms with van der Waals surface area (Å²) in [5.74, 6) is -0.545. The summed E-state index contributed by atoms with van der Waals surface area (Å²) in [6, 6.07) is 11.2. The summed E-state index contributed by atoms with van der Waals surface area (Å²) in [6.07, 6.45) is 0.888. The summed E-state index contributed by atoms with van der Waals surface area (Å²) in [6.45, 7) is 5.33. The number of hydrogen-bond donors (Lipinski definition) is 2. The van der Waals surface area contributed by atoms with Crippen LogP contribution in [-0.4, -0.2) is 32.2 Å². The van der Waals surface area contributed by atoms with Gasteiger partial charge in [0.25, 0.3) is 5.56 Å². The van der Waals surface area contributed by atoms with E-state index in [1.807, 2.05) is 19.9 Å². The lowest BCUT2D eigenvalue weighted by Crippen LogP contribution is -2.35. The number of anilines is 2. The van der Waals surface area contributed by atoms with Gasteiger partial charge in [-0.2, -0.15) is 0 Å². The van der Waals surface area contributed by atoms with E-state index >= 15 is 0 Å². The standard InChI is InChI=1S/C25H24ClN5O3S/c1-13(27-17-8-9-18(26)28-20(17)24(33)34)19-14(2)35-22-21(19)29-25(30(3)23(22)32)31-11-10-15-6-4-5-7-16(15)12-31/h4-9,13,27H,10-12H2,1-3H3,(H,33,34). The first-order valence-electron chi connectivity index (χ1n) is 11.2. The maximum Gasteiger partial charge on any atom is 0.356 e. The minimum Gasteiger partial charge on any atom is -0.476 e. The normalized spacial score (nSPS) is 14.1. The summed E-state index contributed by atoms with van der Waals surface area (Å²) >= 11 is 7.31. The number of aryl methyl sites for hydroxylation is 1. The number of hydrogen-bond acceptors (Lipinski definition) is 7. The predicted molar refractivity (Wildman–Crippen MR) is 139 cm³/mol. The molecule has 0 saturated heterocycles. The highest BCUT2D eigenvalue weighted by Crippen LogP contribution is 2.35. The number of rotatable bonds is 5. The summed E-state index contributed by atoms with van der Waals surface area (Å²) in [5, 5.41) is 12.9. The van der Waals surface area contributed by atoms with Gasteiger partial charge in [-0.1, -0.05) is 35.9 Å². The second-order valence-corrected chi connectivity index (χ2v) is 10.3. The van der Waals surface area contributed by atoms with Crippen LogP contribution in [0.2, 0.25) is 5.15 Å². The molecule has 4 aromatic rings. The molecule has 1 unspecified atom stereocenters. The number of halogens is 1. The van der Waals surface area contributed by atoms with Crippen LogP contribution in [0.1, 0.15) is 45.0 Å². The molecule has 5 rings (SSSR count). The highest BCUT2D eigenvalue weighted by molar-refractivity contribution is 7.19.